The minimum Gasteiger partial charge on any atom is -0.394 e. The molecule has 2 saturated heterocycles. The molecule has 0 aromatic heterocycles. The number of hydrogen-bond acceptors (Lipinski definition) is 3. The highest BCUT2D eigenvalue weighted by Gasteiger charge is 2.66. The molecule has 2 bridgehead atoms. The number of aliphatic hydroxyl groups excluding tert-OH is 2. The van der Waals surface area contributed by atoms with Crippen molar-refractivity contribution in [2.24, 2.45) is 0 Å². The zero-order valence-corrected chi connectivity index (χ0v) is 5.22. The van der Waals surface area contributed by atoms with Gasteiger partial charge < -0.3 is 15.5 Å². The smallest absolute Gasteiger partial charge is 0.0614 e. The lowest BCUT2D eigenvalue weighted by atomic mass is 9.53. The molecule has 3 nitrogen and oxygen atoms in total. The second-order valence-corrected chi connectivity index (χ2v) is 3.36. The van der Waals surface area contributed by atoms with Gasteiger partial charge in [0.15, 0.2) is 0 Å². The van der Waals surface area contributed by atoms with E-state index in [1.165, 1.54) is 0 Å². The number of rotatable bonds is 2. The van der Waals surface area contributed by atoms with Gasteiger partial charge in [-0.25, -0.2) is 0 Å². The van der Waals surface area contributed by atoms with E-state index in [1.807, 2.05) is 0 Å². The maximum atomic E-state index is 8.75. The summed E-state index contributed by atoms with van der Waals surface area (Å²) >= 11 is 0. The lowest BCUT2D eigenvalue weighted by Crippen LogP contribution is -2.88. The van der Waals surface area contributed by atoms with Crippen molar-refractivity contribution in [2.45, 2.75) is 23.9 Å². The first-order chi connectivity index (χ1) is 4.24. The van der Waals surface area contributed by atoms with Gasteiger partial charge in [0.05, 0.1) is 13.2 Å². The molecule has 0 aromatic carbocycles. The molecule has 1 aliphatic carbocycles. The standard InChI is InChI=1S/C6H11NO2/c8-3-5-1-6(2-5,4-9)7-5/h7-9H,1-4H2. The lowest BCUT2D eigenvalue weighted by molar-refractivity contribution is -0.157. The third-order valence-electron chi connectivity index (χ3n) is 2.49. The maximum Gasteiger partial charge on any atom is 0.0614 e. The predicted molar refractivity (Wildman–Crippen MR) is 32.0 cm³/mol. The normalized spacial score (nSPS) is 54.0. The van der Waals surface area contributed by atoms with Crippen molar-refractivity contribution in [3.05, 3.63) is 0 Å². The fraction of sp³-hybridized carbons (Fsp3) is 1.00. The molecule has 0 unspecified atom stereocenters. The molecule has 0 radical (unpaired) electrons. The van der Waals surface area contributed by atoms with Crippen LogP contribution in [0.15, 0.2) is 0 Å². The van der Waals surface area contributed by atoms with E-state index >= 15 is 0 Å². The summed E-state index contributed by atoms with van der Waals surface area (Å²) in [4.78, 5) is 0. The number of aliphatic hydroxyl groups is 2. The van der Waals surface area contributed by atoms with Crippen molar-refractivity contribution < 1.29 is 10.2 Å². The summed E-state index contributed by atoms with van der Waals surface area (Å²) in [7, 11) is 0. The average Bonchev–Trinajstić information content (AvgIpc) is 1.62. The van der Waals surface area contributed by atoms with E-state index in [0.29, 0.717) is 0 Å². The van der Waals surface area contributed by atoms with Gasteiger partial charge in [-0.2, -0.15) is 0 Å². The highest BCUT2D eigenvalue weighted by molar-refractivity contribution is 5.27. The van der Waals surface area contributed by atoms with Gasteiger partial charge in [0.1, 0.15) is 0 Å². The summed E-state index contributed by atoms with van der Waals surface area (Å²) in [5.41, 5.74) is 0.0332. The predicted octanol–water partition coefficient (Wildman–Crippen LogP) is -1.15. The largest absolute Gasteiger partial charge is 0.394 e. The summed E-state index contributed by atoms with van der Waals surface area (Å²) in [6.07, 6.45) is 1.90. The van der Waals surface area contributed by atoms with Gasteiger partial charge >= 0.3 is 0 Å². The molecule has 1 saturated carbocycles. The van der Waals surface area contributed by atoms with Gasteiger partial charge in [-0.3, -0.25) is 0 Å². The van der Waals surface area contributed by atoms with E-state index in [9.17, 15) is 0 Å². The van der Waals surface area contributed by atoms with Gasteiger partial charge in [0.25, 0.3) is 0 Å². The van der Waals surface area contributed by atoms with E-state index in [2.05, 4.69) is 5.32 Å². The molecule has 3 rings (SSSR count). The topological polar surface area (TPSA) is 52.5 Å². The van der Waals surface area contributed by atoms with Crippen molar-refractivity contribution in [3.8, 4) is 0 Å². The monoisotopic (exact) mass is 129 g/mol. The van der Waals surface area contributed by atoms with E-state index in [-0.39, 0.29) is 24.3 Å². The average molecular weight is 129 g/mol. The molecule has 3 heteroatoms. The van der Waals surface area contributed by atoms with Crippen molar-refractivity contribution in [1.82, 2.24) is 5.32 Å². The Hall–Kier alpha value is -0.120. The van der Waals surface area contributed by atoms with E-state index in [1.54, 1.807) is 0 Å². The van der Waals surface area contributed by atoms with Crippen LogP contribution < -0.4 is 5.32 Å². The molecule has 2 heterocycles. The molecule has 0 aromatic rings. The van der Waals surface area contributed by atoms with Crippen LogP contribution in [0, 0.1) is 0 Å². The van der Waals surface area contributed by atoms with Gasteiger partial charge in [-0.1, -0.05) is 0 Å². The fourth-order valence-electron chi connectivity index (χ4n) is 2.07. The Morgan fingerprint density at radius 1 is 1.11 bits per heavy atom. The van der Waals surface area contributed by atoms with Crippen LogP contribution in [0.25, 0.3) is 0 Å². The van der Waals surface area contributed by atoms with Crippen LogP contribution in [0.3, 0.4) is 0 Å². The van der Waals surface area contributed by atoms with Gasteiger partial charge in [-0.05, 0) is 12.8 Å². The Balaban J connectivity index is 1.96. The quantitative estimate of drug-likeness (QED) is 0.441. The van der Waals surface area contributed by atoms with E-state index in [0.717, 1.165) is 12.8 Å². The van der Waals surface area contributed by atoms with Crippen LogP contribution >= 0.6 is 0 Å². The van der Waals surface area contributed by atoms with Crippen LogP contribution in [-0.2, 0) is 0 Å². The summed E-state index contributed by atoms with van der Waals surface area (Å²) in [6.45, 7) is 0.434. The summed E-state index contributed by atoms with van der Waals surface area (Å²) in [5.74, 6) is 0. The Kier molecular flexibility index (Phi) is 0.822. The maximum absolute atomic E-state index is 8.75. The van der Waals surface area contributed by atoms with Crippen LogP contribution in [0.1, 0.15) is 12.8 Å². The van der Waals surface area contributed by atoms with Crippen molar-refractivity contribution in [3.63, 3.8) is 0 Å². The molecule has 3 aliphatic rings. The Labute approximate surface area is 53.7 Å². The Bertz CT molecular complexity index is 112. The van der Waals surface area contributed by atoms with Crippen molar-refractivity contribution >= 4 is 0 Å². The molecule has 0 atom stereocenters. The third-order valence-corrected chi connectivity index (χ3v) is 2.49. The Morgan fingerprint density at radius 2 is 1.44 bits per heavy atom. The highest BCUT2D eigenvalue weighted by Crippen LogP contribution is 2.52. The summed E-state index contributed by atoms with van der Waals surface area (Å²) in [5, 5.41) is 20.6. The van der Waals surface area contributed by atoms with Gasteiger partial charge in [-0.15, -0.1) is 0 Å². The molecule has 3 fully saturated rings. The third kappa shape index (κ3) is 0.478. The lowest BCUT2D eigenvalue weighted by Gasteiger charge is -2.70. The molecular formula is C6H11NO2. The molecule has 52 valence electrons. The highest BCUT2D eigenvalue weighted by atomic mass is 16.3. The molecule has 2 aliphatic heterocycles. The van der Waals surface area contributed by atoms with Crippen LogP contribution in [-0.4, -0.2) is 34.5 Å². The number of hydrogen-bond donors (Lipinski definition) is 3. The van der Waals surface area contributed by atoms with E-state index in [4.69, 9.17) is 10.2 Å². The first kappa shape index (κ1) is 5.65. The van der Waals surface area contributed by atoms with Crippen molar-refractivity contribution in [1.29, 1.82) is 0 Å². The number of nitrogens with one attached hydrogen (secondary N) is 1. The zero-order valence-electron chi connectivity index (χ0n) is 5.22. The fourth-order valence-corrected chi connectivity index (χ4v) is 2.07. The summed E-state index contributed by atoms with van der Waals surface area (Å²) < 4.78 is 0. The molecule has 0 amide bonds. The van der Waals surface area contributed by atoms with Crippen molar-refractivity contribution in [2.75, 3.05) is 13.2 Å². The first-order valence-electron chi connectivity index (χ1n) is 3.25. The van der Waals surface area contributed by atoms with Crippen LogP contribution in [0.5, 0.6) is 0 Å². The Morgan fingerprint density at radius 3 is 1.67 bits per heavy atom. The minimum atomic E-state index is 0.0166. The summed E-state index contributed by atoms with van der Waals surface area (Å²) in [6, 6.07) is 0. The molecular weight excluding hydrogens is 118 g/mol. The van der Waals surface area contributed by atoms with Gasteiger partial charge in [0.2, 0.25) is 0 Å². The van der Waals surface area contributed by atoms with Crippen LogP contribution in [0.2, 0.25) is 0 Å². The zero-order chi connectivity index (χ0) is 6.54. The first-order valence-corrected chi connectivity index (χ1v) is 3.25. The molecule has 9 heavy (non-hydrogen) atoms. The molecule has 0 spiro atoms. The minimum absolute atomic E-state index is 0.0166. The molecule has 3 N–H and O–H groups in total. The SMILES string of the molecule is OCC12CC(CO)(C1)N2. The second-order valence-electron chi connectivity index (χ2n) is 3.36. The van der Waals surface area contributed by atoms with Crippen LogP contribution in [0.4, 0.5) is 0 Å². The van der Waals surface area contributed by atoms with Gasteiger partial charge in [0, 0.05) is 11.1 Å². The second kappa shape index (κ2) is 1.31. The van der Waals surface area contributed by atoms with E-state index < -0.39 is 0 Å².